The van der Waals surface area contributed by atoms with Crippen molar-refractivity contribution in [3.05, 3.63) is 0 Å². The molecule has 0 spiro atoms. The van der Waals surface area contributed by atoms with Gasteiger partial charge in [0.1, 0.15) is 0 Å². The summed E-state index contributed by atoms with van der Waals surface area (Å²) in [6.45, 7) is 5.17. The summed E-state index contributed by atoms with van der Waals surface area (Å²) in [5.74, 6) is 0.240. The number of carbonyl (C=O) groups excluding carboxylic acids is 1. The SMILES string of the molecule is COCCC(C)NCC(=O)N1CCCCC1. The Labute approximate surface area is 98.3 Å². The molecule has 1 heterocycles. The Morgan fingerprint density at radius 3 is 2.69 bits per heavy atom. The molecule has 1 saturated heterocycles. The zero-order chi connectivity index (χ0) is 11.8. The first-order valence-corrected chi connectivity index (χ1v) is 6.24. The zero-order valence-electron chi connectivity index (χ0n) is 10.5. The molecule has 1 unspecified atom stereocenters. The number of hydrogen-bond donors (Lipinski definition) is 1. The molecule has 0 aliphatic carbocycles. The fourth-order valence-corrected chi connectivity index (χ4v) is 1.91. The molecule has 1 fully saturated rings. The van der Waals surface area contributed by atoms with Crippen LogP contribution in [0.15, 0.2) is 0 Å². The Bertz CT molecular complexity index is 203. The van der Waals surface area contributed by atoms with E-state index < -0.39 is 0 Å². The molecular weight excluding hydrogens is 204 g/mol. The third kappa shape index (κ3) is 4.94. The van der Waals surface area contributed by atoms with Crippen molar-refractivity contribution in [1.82, 2.24) is 10.2 Å². The van der Waals surface area contributed by atoms with Gasteiger partial charge in [0.2, 0.25) is 5.91 Å². The summed E-state index contributed by atoms with van der Waals surface area (Å²) in [5, 5.41) is 3.24. The Morgan fingerprint density at radius 2 is 2.06 bits per heavy atom. The van der Waals surface area contributed by atoms with E-state index in [1.54, 1.807) is 7.11 Å². The van der Waals surface area contributed by atoms with Gasteiger partial charge in [-0.15, -0.1) is 0 Å². The van der Waals surface area contributed by atoms with Crippen LogP contribution in [0.3, 0.4) is 0 Å². The number of likely N-dealkylation sites (tertiary alicyclic amines) is 1. The van der Waals surface area contributed by atoms with Crippen LogP contribution in [0.5, 0.6) is 0 Å². The Kier molecular flexibility index (Phi) is 6.42. The highest BCUT2D eigenvalue weighted by atomic mass is 16.5. The molecule has 16 heavy (non-hydrogen) atoms. The van der Waals surface area contributed by atoms with Crippen LogP contribution in [-0.4, -0.2) is 50.2 Å². The Morgan fingerprint density at radius 1 is 1.38 bits per heavy atom. The molecule has 0 aromatic heterocycles. The molecule has 0 saturated carbocycles. The number of piperidine rings is 1. The van der Waals surface area contributed by atoms with Crippen molar-refractivity contribution in [3.8, 4) is 0 Å². The lowest BCUT2D eigenvalue weighted by molar-refractivity contribution is -0.131. The van der Waals surface area contributed by atoms with Crippen molar-refractivity contribution in [2.24, 2.45) is 0 Å². The number of rotatable bonds is 6. The second kappa shape index (κ2) is 7.63. The minimum atomic E-state index is 0.240. The van der Waals surface area contributed by atoms with Crippen LogP contribution in [0.1, 0.15) is 32.6 Å². The van der Waals surface area contributed by atoms with Gasteiger partial charge in [-0.25, -0.2) is 0 Å². The van der Waals surface area contributed by atoms with Crippen LogP contribution in [0.25, 0.3) is 0 Å². The van der Waals surface area contributed by atoms with Gasteiger partial charge < -0.3 is 15.0 Å². The van der Waals surface area contributed by atoms with E-state index in [0.717, 1.165) is 39.0 Å². The van der Waals surface area contributed by atoms with E-state index in [9.17, 15) is 4.79 Å². The van der Waals surface area contributed by atoms with Crippen molar-refractivity contribution in [2.75, 3.05) is 33.4 Å². The molecule has 4 heteroatoms. The number of carbonyl (C=O) groups is 1. The summed E-state index contributed by atoms with van der Waals surface area (Å²) in [6.07, 6.45) is 4.53. The van der Waals surface area contributed by atoms with Crippen molar-refractivity contribution in [2.45, 2.75) is 38.6 Å². The summed E-state index contributed by atoms with van der Waals surface area (Å²) in [6, 6.07) is 0.341. The molecule has 0 aromatic rings. The van der Waals surface area contributed by atoms with Crippen LogP contribution in [0, 0.1) is 0 Å². The maximum absolute atomic E-state index is 11.8. The third-order valence-corrected chi connectivity index (χ3v) is 3.07. The van der Waals surface area contributed by atoms with E-state index in [0.29, 0.717) is 12.6 Å². The second-order valence-corrected chi connectivity index (χ2v) is 4.50. The van der Waals surface area contributed by atoms with Crippen LogP contribution in [-0.2, 0) is 9.53 Å². The van der Waals surface area contributed by atoms with Crippen molar-refractivity contribution < 1.29 is 9.53 Å². The molecule has 1 atom stereocenters. The normalized spacial score (nSPS) is 18.5. The lowest BCUT2D eigenvalue weighted by atomic mass is 10.1. The van der Waals surface area contributed by atoms with Gasteiger partial charge in [-0.1, -0.05) is 0 Å². The van der Waals surface area contributed by atoms with Crippen molar-refractivity contribution in [3.63, 3.8) is 0 Å². The van der Waals surface area contributed by atoms with Gasteiger partial charge in [0, 0.05) is 32.8 Å². The van der Waals surface area contributed by atoms with Gasteiger partial charge in [0.15, 0.2) is 0 Å². The average Bonchev–Trinajstić information content (AvgIpc) is 2.34. The first-order chi connectivity index (χ1) is 7.74. The maximum Gasteiger partial charge on any atom is 0.236 e. The first-order valence-electron chi connectivity index (χ1n) is 6.24. The molecule has 1 amide bonds. The minimum absolute atomic E-state index is 0.240. The van der Waals surface area contributed by atoms with Gasteiger partial charge >= 0.3 is 0 Å². The zero-order valence-corrected chi connectivity index (χ0v) is 10.5. The molecule has 1 aliphatic heterocycles. The third-order valence-electron chi connectivity index (χ3n) is 3.07. The number of hydrogen-bond acceptors (Lipinski definition) is 3. The minimum Gasteiger partial charge on any atom is -0.385 e. The predicted molar refractivity (Wildman–Crippen MR) is 64.4 cm³/mol. The van der Waals surface area contributed by atoms with E-state index in [-0.39, 0.29) is 5.91 Å². The second-order valence-electron chi connectivity index (χ2n) is 4.50. The van der Waals surface area contributed by atoms with Gasteiger partial charge in [-0.2, -0.15) is 0 Å². The highest BCUT2D eigenvalue weighted by molar-refractivity contribution is 5.78. The molecule has 0 radical (unpaired) electrons. The fourth-order valence-electron chi connectivity index (χ4n) is 1.91. The van der Waals surface area contributed by atoms with Gasteiger partial charge in [0.25, 0.3) is 0 Å². The quantitative estimate of drug-likeness (QED) is 0.738. The number of amides is 1. The molecule has 1 N–H and O–H groups in total. The molecular formula is C12H24N2O2. The summed E-state index contributed by atoms with van der Waals surface area (Å²) in [5.41, 5.74) is 0. The number of nitrogens with zero attached hydrogens (tertiary/aromatic N) is 1. The lowest BCUT2D eigenvalue weighted by Gasteiger charge is -2.27. The molecule has 0 bridgehead atoms. The molecule has 94 valence electrons. The predicted octanol–water partition coefficient (Wildman–Crippen LogP) is 1.01. The van der Waals surface area contributed by atoms with E-state index >= 15 is 0 Å². The number of methoxy groups -OCH3 is 1. The van der Waals surface area contributed by atoms with Gasteiger partial charge in [-0.3, -0.25) is 4.79 Å². The monoisotopic (exact) mass is 228 g/mol. The topological polar surface area (TPSA) is 41.6 Å². The summed E-state index contributed by atoms with van der Waals surface area (Å²) in [7, 11) is 1.70. The summed E-state index contributed by atoms with van der Waals surface area (Å²) >= 11 is 0. The molecule has 0 aromatic carbocycles. The standard InChI is InChI=1S/C12H24N2O2/c1-11(6-9-16-2)13-10-12(15)14-7-4-3-5-8-14/h11,13H,3-10H2,1-2H3. The van der Waals surface area contributed by atoms with Gasteiger partial charge in [-0.05, 0) is 32.6 Å². The van der Waals surface area contributed by atoms with Crippen LogP contribution >= 0.6 is 0 Å². The molecule has 1 aliphatic rings. The Hall–Kier alpha value is -0.610. The van der Waals surface area contributed by atoms with Crippen LogP contribution in [0.4, 0.5) is 0 Å². The average molecular weight is 228 g/mol. The van der Waals surface area contributed by atoms with Crippen LogP contribution in [0.2, 0.25) is 0 Å². The van der Waals surface area contributed by atoms with E-state index in [1.165, 1.54) is 6.42 Å². The van der Waals surface area contributed by atoms with E-state index in [1.807, 2.05) is 4.90 Å². The number of nitrogens with one attached hydrogen (secondary N) is 1. The van der Waals surface area contributed by atoms with Crippen molar-refractivity contribution in [1.29, 1.82) is 0 Å². The van der Waals surface area contributed by atoms with E-state index in [4.69, 9.17) is 4.74 Å². The molecule has 1 rings (SSSR count). The summed E-state index contributed by atoms with van der Waals surface area (Å²) in [4.78, 5) is 13.8. The fraction of sp³-hybridized carbons (Fsp3) is 0.917. The lowest BCUT2D eigenvalue weighted by Crippen LogP contribution is -2.43. The highest BCUT2D eigenvalue weighted by Gasteiger charge is 2.16. The van der Waals surface area contributed by atoms with Crippen molar-refractivity contribution >= 4 is 5.91 Å². The highest BCUT2D eigenvalue weighted by Crippen LogP contribution is 2.08. The first kappa shape index (κ1) is 13.5. The summed E-state index contributed by atoms with van der Waals surface area (Å²) < 4.78 is 5.00. The molecule has 4 nitrogen and oxygen atoms in total. The Balaban J connectivity index is 2.13. The smallest absolute Gasteiger partial charge is 0.236 e. The number of ether oxygens (including phenoxy) is 1. The maximum atomic E-state index is 11.8. The van der Waals surface area contributed by atoms with E-state index in [2.05, 4.69) is 12.2 Å². The largest absolute Gasteiger partial charge is 0.385 e. The van der Waals surface area contributed by atoms with Gasteiger partial charge in [0.05, 0.1) is 6.54 Å². The van der Waals surface area contributed by atoms with Crippen LogP contribution < -0.4 is 5.32 Å².